The average molecular weight is 413 g/mol. The van der Waals surface area contributed by atoms with Crippen molar-refractivity contribution in [1.82, 2.24) is 15.1 Å². The molecule has 6 nitrogen and oxygen atoms in total. The standard InChI is InChI=1S/C22H28N4O2S/c1-3-4-5-17-6-9-19(10-7-17)29(27,28)22-20-16-18(8-11-21(20)23-24-22)26-14-12-25(2)13-15-26/h6-11,16H,3-5,12-15H2,1-2H3,(H,23,24). The van der Waals surface area contributed by atoms with Crippen molar-refractivity contribution in [1.29, 1.82) is 0 Å². The molecule has 1 aliphatic rings. The lowest BCUT2D eigenvalue weighted by molar-refractivity contribution is 0.313. The summed E-state index contributed by atoms with van der Waals surface area (Å²) < 4.78 is 26.5. The van der Waals surface area contributed by atoms with Crippen LogP contribution in [0.5, 0.6) is 0 Å². The number of H-pyrrole nitrogens is 1. The lowest BCUT2D eigenvalue weighted by Crippen LogP contribution is -2.44. The van der Waals surface area contributed by atoms with E-state index in [9.17, 15) is 8.42 Å². The smallest absolute Gasteiger partial charge is 0.223 e. The Morgan fingerprint density at radius 3 is 2.45 bits per heavy atom. The van der Waals surface area contributed by atoms with Crippen LogP contribution in [0.3, 0.4) is 0 Å². The Morgan fingerprint density at radius 2 is 1.76 bits per heavy atom. The number of fused-ring (bicyclic) bond motifs is 1. The number of aromatic nitrogens is 2. The number of hydrogen-bond acceptors (Lipinski definition) is 5. The van der Waals surface area contributed by atoms with Crippen molar-refractivity contribution in [2.24, 2.45) is 0 Å². The van der Waals surface area contributed by atoms with E-state index in [2.05, 4.69) is 34.0 Å². The Kier molecular flexibility index (Phi) is 5.61. The monoisotopic (exact) mass is 412 g/mol. The SMILES string of the molecule is CCCCc1ccc(S(=O)(=O)c2[nH]nc3ccc(N4CCN(C)CC4)cc23)cc1. The van der Waals surface area contributed by atoms with Gasteiger partial charge in [0.25, 0.3) is 0 Å². The highest BCUT2D eigenvalue weighted by Gasteiger charge is 2.24. The summed E-state index contributed by atoms with van der Waals surface area (Å²) in [5, 5.41) is 7.83. The lowest BCUT2D eigenvalue weighted by atomic mass is 10.1. The lowest BCUT2D eigenvalue weighted by Gasteiger charge is -2.34. The van der Waals surface area contributed by atoms with Crippen LogP contribution in [0.15, 0.2) is 52.4 Å². The third-order valence-corrected chi connectivity index (χ3v) is 7.43. The highest BCUT2D eigenvalue weighted by molar-refractivity contribution is 7.91. The number of likely N-dealkylation sites (N-methyl/N-ethyl adjacent to an activating group) is 1. The van der Waals surface area contributed by atoms with Gasteiger partial charge in [-0.15, -0.1) is 0 Å². The summed E-state index contributed by atoms with van der Waals surface area (Å²) >= 11 is 0. The van der Waals surface area contributed by atoms with E-state index in [4.69, 9.17) is 0 Å². The summed E-state index contributed by atoms with van der Waals surface area (Å²) in [5.41, 5.74) is 2.87. The summed E-state index contributed by atoms with van der Waals surface area (Å²) in [5.74, 6) is 0. The second-order valence-electron chi connectivity index (χ2n) is 7.80. The Morgan fingerprint density at radius 1 is 1.03 bits per heavy atom. The molecule has 7 heteroatoms. The molecule has 0 spiro atoms. The second-order valence-corrected chi connectivity index (χ2v) is 9.68. The molecular weight excluding hydrogens is 384 g/mol. The first-order valence-electron chi connectivity index (χ1n) is 10.2. The van der Waals surface area contributed by atoms with E-state index in [0.717, 1.165) is 56.7 Å². The number of aryl methyl sites for hydroxylation is 1. The summed E-state index contributed by atoms with van der Waals surface area (Å²) in [6, 6.07) is 13.1. The van der Waals surface area contributed by atoms with Crippen LogP contribution in [0.2, 0.25) is 0 Å². The van der Waals surface area contributed by atoms with Crippen LogP contribution in [0, 0.1) is 0 Å². The van der Waals surface area contributed by atoms with Crippen molar-refractivity contribution in [3.8, 4) is 0 Å². The van der Waals surface area contributed by atoms with Crippen LogP contribution in [-0.4, -0.2) is 56.7 Å². The van der Waals surface area contributed by atoms with E-state index in [0.29, 0.717) is 15.8 Å². The van der Waals surface area contributed by atoms with Gasteiger partial charge in [-0.25, -0.2) is 8.42 Å². The van der Waals surface area contributed by atoms with Gasteiger partial charge in [0, 0.05) is 37.3 Å². The zero-order valence-electron chi connectivity index (χ0n) is 17.1. The van der Waals surface area contributed by atoms with Crippen LogP contribution in [-0.2, 0) is 16.3 Å². The normalized spacial score (nSPS) is 15.9. The number of nitrogens with zero attached hydrogens (tertiary/aromatic N) is 3. The van der Waals surface area contributed by atoms with Crippen LogP contribution in [0.4, 0.5) is 5.69 Å². The summed E-state index contributed by atoms with van der Waals surface area (Å²) in [6.07, 6.45) is 3.19. The maximum atomic E-state index is 13.3. The highest BCUT2D eigenvalue weighted by atomic mass is 32.2. The van der Waals surface area contributed by atoms with Gasteiger partial charge in [0.2, 0.25) is 9.84 Å². The van der Waals surface area contributed by atoms with Crippen molar-refractivity contribution in [2.45, 2.75) is 36.1 Å². The maximum Gasteiger partial charge on any atom is 0.223 e. The van der Waals surface area contributed by atoms with Gasteiger partial charge in [-0.3, -0.25) is 5.10 Å². The molecule has 1 fully saturated rings. The van der Waals surface area contributed by atoms with Crippen LogP contribution < -0.4 is 4.90 Å². The third kappa shape index (κ3) is 4.02. The zero-order chi connectivity index (χ0) is 20.4. The zero-order valence-corrected chi connectivity index (χ0v) is 17.9. The molecule has 2 heterocycles. The first-order valence-corrected chi connectivity index (χ1v) is 11.7. The Balaban J connectivity index is 1.66. The largest absolute Gasteiger partial charge is 0.369 e. The molecule has 3 aromatic rings. The minimum absolute atomic E-state index is 0.171. The van der Waals surface area contributed by atoms with E-state index in [1.165, 1.54) is 0 Å². The topological polar surface area (TPSA) is 69.3 Å². The number of aromatic amines is 1. The molecule has 0 amide bonds. The first-order chi connectivity index (χ1) is 14.0. The van der Waals surface area contributed by atoms with Gasteiger partial charge in [-0.05, 0) is 55.8 Å². The summed E-state index contributed by atoms with van der Waals surface area (Å²) in [7, 11) is -1.54. The first kappa shape index (κ1) is 19.9. The van der Waals surface area contributed by atoms with Crippen LogP contribution in [0.1, 0.15) is 25.3 Å². The van der Waals surface area contributed by atoms with Crippen molar-refractivity contribution >= 4 is 26.4 Å². The molecule has 0 aliphatic carbocycles. The third-order valence-electron chi connectivity index (χ3n) is 5.69. The number of hydrogen-bond donors (Lipinski definition) is 1. The Bertz CT molecular complexity index is 1080. The number of nitrogens with one attached hydrogen (secondary N) is 1. The van der Waals surface area contributed by atoms with Gasteiger partial charge in [0.15, 0.2) is 5.03 Å². The van der Waals surface area contributed by atoms with E-state index in [1.807, 2.05) is 30.3 Å². The van der Waals surface area contributed by atoms with E-state index >= 15 is 0 Å². The molecule has 154 valence electrons. The van der Waals surface area contributed by atoms with Crippen molar-refractivity contribution < 1.29 is 8.42 Å². The molecule has 0 unspecified atom stereocenters. The van der Waals surface area contributed by atoms with E-state index < -0.39 is 9.84 Å². The summed E-state index contributed by atoms with van der Waals surface area (Å²) in [6.45, 7) is 6.01. The van der Waals surface area contributed by atoms with Gasteiger partial charge in [0.05, 0.1) is 10.4 Å². The number of piperazine rings is 1. The summed E-state index contributed by atoms with van der Waals surface area (Å²) in [4.78, 5) is 4.89. The minimum Gasteiger partial charge on any atom is -0.369 e. The number of anilines is 1. The van der Waals surface area contributed by atoms with Crippen LogP contribution >= 0.6 is 0 Å². The molecule has 0 bridgehead atoms. The van der Waals surface area contributed by atoms with Gasteiger partial charge in [0.1, 0.15) is 0 Å². The Hall–Kier alpha value is -2.38. The molecule has 0 atom stereocenters. The predicted octanol–water partition coefficient (Wildman–Crippen LogP) is 3.49. The molecule has 0 saturated carbocycles. The molecule has 0 radical (unpaired) electrons. The Labute approximate surface area is 172 Å². The van der Waals surface area contributed by atoms with Gasteiger partial charge in [-0.2, -0.15) is 5.10 Å². The molecule has 29 heavy (non-hydrogen) atoms. The molecule has 1 aromatic heterocycles. The van der Waals surface area contributed by atoms with Crippen LogP contribution in [0.25, 0.3) is 10.9 Å². The van der Waals surface area contributed by atoms with Gasteiger partial charge < -0.3 is 9.80 Å². The van der Waals surface area contributed by atoms with Crippen molar-refractivity contribution in [3.63, 3.8) is 0 Å². The number of benzene rings is 2. The second kappa shape index (κ2) is 8.16. The van der Waals surface area contributed by atoms with E-state index in [-0.39, 0.29) is 5.03 Å². The van der Waals surface area contributed by atoms with E-state index in [1.54, 1.807) is 12.1 Å². The average Bonchev–Trinajstić information content (AvgIpc) is 3.17. The highest BCUT2D eigenvalue weighted by Crippen LogP contribution is 2.30. The fraction of sp³-hybridized carbons (Fsp3) is 0.409. The van der Waals surface area contributed by atoms with Crippen molar-refractivity contribution in [2.75, 3.05) is 38.1 Å². The fourth-order valence-corrected chi connectivity index (χ4v) is 5.12. The molecule has 1 aliphatic heterocycles. The number of rotatable bonds is 6. The van der Waals surface area contributed by atoms with Gasteiger partial charge >= 0.3 is 0 Å². The molecule has 2 aromatic carbocycles. The van der Waals surface area contributed by atoms with Gasteiger partial charge in [-0.1, -0.05) is 25.5 Å². The minimum atomic E-state index is -3.66. The predicted molar refractivity (Wildman–Crippen MR) is 116 cm³/mol. The quantitative estimate of drug-likeness (QED) is 0.671. The maximum absolute atomic E-state index is 13.3. The number of unbranched alkanes of at least 4 members (excludes halogenated alkanes) is 1. The number of sulfone groups is 1. The molecule has 4 rings (SSSR count). The fourth-order valence-electron chi connectivity index (χ4n) is 3.77. The molecular formula is C22H28N4O2S. The van der Waals surface area contributed by atoms with Crippen molar-refractivity contribution in [3.05, 3.63) is 48.0 Å². The molecule has 1 saturated heterocycles. The molecule has 1 N–H and O–H groups in total.